The molecule has 2 fully saturated rings. The molecule has 0 aromatic heterocycles. The van der Waals surface area contributed by atoms with E-state index >= 15 is 0 Å². The zero-order chi connectivity index (χ0) is 10.8. The number of rotatable bonds is 2. The highest BCUT2D eigenvalue weighted by Crippen LogP contribution is 2.28. The molecule has 0 aromatic rings. The Hall–Kier alpha value is -0.570. The van der Waals surface area contributed by atoms with Crippen molar-refractivity contribution in [3.05, 3.63) is 0 Å². The SMILES string of the molecule is CC(C)[C@@H]1CCC(=O)N1[C@@H]1CCCNC1. The van der Waals surface area contributed by atoms with Gasteiger partial charge in [-0.25, -0.2) is 0 Å². The second-order valence-electron chi connectivity index (χ2n) is 5.15. The standard InChI is InChI=1S/C12H22N2O/c1-9(2)11-5-6-12(15)14(11)10-4-3-7-13-8-10/h9-11,13H,3-8H2,1-2H3/t10-,11+/m1/s1. The number of piperidine rings is 1. The molecule has 0 aliphatic carbocycles. The van der Waals surface area contributed by atoms with Crippen LogP contribution >= 0.6 is 0 Å². The summed E-state index contributed by atoms with van der Waals surface area (Å²) in [7, 11) is 0. The third kappa shape index (κ3) is 2.17. The summed E-state index contributed by atoms with van der Waals surface area (Å²) in [6.45, 7) is 6.57. The van der Waals surface area contributed by atoms with E-state index in [9.17, 15) is 4.79 Å². The average molecular weight is 210 g/mol. The molecule has 86 valence electrons. The van der Waals surface area contributed by atoms with Crippen LogP contribution in [0.2, 0.25) is 0 Å². The van der Waals surface area contributed by atoms with Crippen molar-refractivity contribution in [2.75, 3.05) is 13.1 Å². The van der Waals surface area contributed by atoms with Crippen LogP contribution in [-0.4, -0.2) is 36.0 Å². The largest absolute Gasteiger partial charge is 0.335 e. The number of hydrogen-bond donors (Lipinski definition) is 1. The van der Waals surface area contributed by atoms with Gasteiger partial charge in [0, 0.05) is 25.0 Å². The van der Waals surface area contributed by atoms with Gasteiger partial charge in [-0.2, -0.15) is 0 Å². The van der Waals surface area contributed by atoms with Crippen molar-refractivity contribution < 1.29 is 4.79 Å². The topological polar surface area (TPSA) is 32.3 Å². The number of nitrogens with one attached hydrogen (secondary N) is 1. The number of likely N-dealkylation sites (tertiary alicyclic amines) is 1. The van der Waals surface area contributed by atoms with E-state index in [-0.39, 0.29) is 0 Å². The summed E-state index contributed by atoms with van der Waals surface area (Å²) in [4.78, 5) is 14.1. The quantitative estimate of drug-likeness (QED) is 0.747. The first-order chi connectivity index (χ1) is 7.20. The van der Waals surface area contributed by atoms with E-state index in [4.69, 9.17) is 0 Å². The van der Waals surface area contributed by atoms with Gasteiger partial charge < -0.3 is 10.2 Å². The van der Waals surface area contributed by atoms with Gasteiger partial charge in [-0.1, -0.05) is 13.8 Å². The smallest absolute Gasteiger partial charge is 0.223 e. The van der Waals surface area contributed by atoms with Crippen molar-refractivity contribution >= 4 is 5.91 Å². The third-order valence-corrected chi connectivity index (χ3v) is 3.73. The summed E-state index contributed by atoms with van der Waals surface area (Å²) in [5.74, 6) is 0.973. The minimum Gasteiger partial charge on any atom is -0.335 e. The molecule has 0 spiro atoms. The van der Waals surface area contributed by atoms with E-state index in [1.807, 2.05) is 0 Å². The minimum atomic E-state index is 0.377. The van der Waals surface area contributed by atoms with Crippen LogP contribution in [0.5, 0.6) is 0 Å². The number of amides is 1. The Morgan fingerprint density at radius 2 is 2.20 bits per heavy atom. The van der Waals surface area contributed by atoms with Crippen LogP contribution in [0, 0.1) is 5.92 Å². The van der Waals surface area contributed by atoms with Crippen molar-refractivity contribution in [3.8, 4) is 0 Å². The number of carbonyl (C=O) groups excluding carboxylic acids is 1. The maximum atomic E-state index is 11.9. The molecule has 2 heterocycles. The van der Waals surface area contributed by atoms with Gasteiger partial charge in [0.1, 0.15) is 0 Å². The molecule has 15 heavy (non-hydrogen) atoms. The first-order valence-corrected chi connectivity index (χ1v) is 6.22. The van der Waals surface area contributed by atoms with Crippen molar-refractivity contribution in [2.45, 2.75) is 51.6 Å². The van der Waals surface area contributed by atoms with Gasteiger partial charge in [-0.05, 0) is 31.7 Å². The maximum Gasteiger partial charge on any atom is 0.223 e. The van der Waals surface area contributed by atoms with Crippen LogP contribution in [-0.2, 0) is 4.79 Å². The molecule has 0 bridgehead atoms. The molecule has 1 amide bonds. The van der Waals surface area contributed by atoms with Crippen LogP contribution in [0.15, 0.2) is 0 Å². The molecular weight excluding hydrogens is 188 g/mol. The van der Waals surface area contributed by atoms with Crippen LogP contribution in [0.25, 0.3) is 0 Å². The summed E-state index contributed by atoms with van der Waals surface area (Å²) in [5.41, 5.74) is 0. The third-order valence-electron chi connectivity index (χ3n) is 3.73. The highest BCUT2D eigenvalue weighted by Gasteiger charge is 2.37. The van der Waals surface area contributed by atoms with Crippen molar-refractivity contribution in [2.24, 2.45) is 5.92 Å². The van der Waals surface area contributed by atoms with Crippen LogP contribution in [0.1, 0.15) is 39.5 Å². The highest BCUT2D eigenvalue weighted by molar-refractivity contribution is 5.79. The van der Waals surface area contributed by atoms with Gasteiger partial charge in [-0.3, -0.25) is 4.79 Å². The first-order valence-electron chi connectivity index (χ1n) is 6.22. The lowest BCUT2D eigenvalue weighted by atomic mass is 9.98. The summed E-state index contributed by atoms with van der Waals surface area (Å²) in [6.07, 6.45) is 4.22. The lowest BCUT2D eigenvalue weighted by Crippen LogP contribution is -2.51. The summed E-state index contributed by atoms with van der Waals surface area (Å²) < 4.78 is 0. The van der Waals surface area contributed by atoms with Gasteiger partial charge in [0.15, 0.2) is 0 Å². The summed E-state index contributed by atoms with van der Waals surface area (Å²) >= 11 is 0. The lowest BCUT2D eigenvalue weighted by Gasteiger charge is -2.37. The van der Waals surface area contributed by atoms with E-state index in [2.05, 4.69) is 24.1 Å². The second kappa shape index (κ2) is 4.52. The minimum absolute atomic E-state index is 0.377. The fourth-order valence-corrected chi connectivity index (χ4v) is 2.92. The normalized spacial score (nSPS) is 32.7. The number of hydrogen-bond acceptors (Lipinski definition) is 2. The molecule has 0 radical (unpaired) electrons. The monoisotopic (exact) mass is 210 g/mol. The molecule has 2 atom stereocenters. The molecule has 2 aliphatic rings. The van der Waals surface area contributed by atoms with Crippen LogP contribution < -0.4 is 5.32 Å². The molecule has 2 rings (SSSR count). The molecule has 3 heteroatoms. The van der Waals surface area contributed by atoms with Gasteiger partial charge in [0.2, 0.25) is 5.91 Å². The molecule has 3 nitrogen and oxygen atoms in total. The Morgan fingerprint density at radius 3 is 2.80 bits per heavy atom. The fraction of sp³-hybridized carbons (Fsp3) is 0.917. The van der Waals surface area contributed by atoms with Gasteiger partial charge in [0.25, 0.3) is 0 Å². The Labute approximate surface area is 92.2 Å². The Kier molecular flexibility index (Phi) is 3.29. The Balaban J connectivity index is 2.05. The predicted molar refractivity (Wildman–Crippen MR) is 60.6 cm³/mol. The molecule has 0 aromatic carbocycles. The van der Waals surface area contributed by atoms with E-state index in [0.717, 1.165) is 25.9 Å². The van der Waals surface area contributed by atoms with Gasteiger partial charge >= 0.3 is 0 Å². The Morgan fingerprint density at radius 1 is 1.40 bits per heavy atom. The van der Waals surface area contributed by atoms with Crippen LogP contribution in [0.3, 0.4) is 0 Å². The van der Waals surface area contributed by atoms with Crippen LogP contribution in [0.4, 0.5) is 0 Å². The number of nitrogens with zero attached hydrogens (tertiary/aromatic N) is 1. The van der Waals surface area contributed by atoms with E-state index in [1.165, 1.54) is 12.8 Å². The molecule has 0 unspecified atom stereocenters. The van der Waals surface area contributed by atoms with Gasteiger partial charge in [-0.15, -0.1) is 0 Å². The van der Waals surface area contributed by atoms with E-state index < -0.39 is 0 Å². The zero-order valence-corrected chi connectivity index (χ0v) is 9.83. The maximum absolute atomic E-state index is 11.9. The van der Waals surface area contributed by atoms with Gasteiger partial charge in [0.05, 0.1) is 0 Å². The van der Waals surface area contributed by atoms with Crippen molar-refractivity contribution in [1.29, 1.82) is 0 Å². The zero-order valence-electron chi connectivity index (χ0n) is 9.83. The van der Waals surface area contributed by atoms with E-state index in [1.54, 1.807) is 0 Å². The van der Waals surface area contributed by atoms with Crippen molar-refractivity contribution in [3.63, 3.8) is 0 Å². The first kappa shape index (κ1) is 10.9. The predicted octanol–water partition coefficient (Wildman–Crippen LogP) is 1.39. The summed E-state index contributed by atoms with van der Waals surface area (Å²) in [5, 5.41) is 3.40. The molecule has 2 saturated heterocycles. The highest BCUT2D eigenvalue weighted by atomic mass is 16.2. The molecule has 0 saturated carbocycles. The second-order valence-corrected chi connectivity index (χ2v) is 5.15. The molecule has 1 N–H and O–H groups in total. The van der Waals surface area contributed by atoms with E-state index in [0.29, 0.717) is 23.9 Å². The molecular formula is C12H22N2O. The fourth-order valence-electron chi connectivity index (χ4n) is 2.92. The molecule has 2 aliphatic heterocycles. The Bertz CT molecular complexity index is 234. The van der Waals surface area contributed by atoms with Crippen molar-refractivity contribution in [1.82, 2.24) is 10.2 Å². The summed E-state index contributed by atoms with van der Waals surface area (Å²) in [6, 6.07) is 0.948. The number of carbonyl (C=O) groups is 1. The lowest BCUT2D eigenvalue weighted by molar-refractivity contribution is -0.132. The average Bonchev–Trinajstić information content (AvgIpc) is 2.61.